The van der Waals surface area contributed by atoms with Gasteiger partial charge in [-0.3, -0.25) is 0 Å². The van der Waals surface area contributed by atoms with E-state index in [1.54, 1.807) is 6.07 Å². The van der Waals surface area contributed by atoms with Crippen molar-refractivity contribution in [1.29, 1.82) is 0 Å². The number of hydrogen-bond acceptors (Lipinski definition) is 1. The first-order chi connectivity index (χ1) is 8.37. The predicted molar refractivity (Wildman–Crippen MR) is 65.2 cm³/mol. The molecule has 1 aromatic carbocycles. The normalized spacial score (nSPS) is 28.6. The number of benzene rings is 1. The SMILES string of the molecule is CC1CCC(CN)(c2cccc(C(F)(F)F)c2)C1. The van der Waals surface area contributed by atoms with Crippen molar-refractivity contribution in [2.75, 3.05) is 6.54 Å². The Bertz CT molecular complexity index is 427. The Hall–Kier alpha value is -1.03. The summed E-state index contributed by atoms with van der Waals surface area (Å²) < 4.78 is 38.2. The number of halogens is 3. The highest BCUT2D eigenvalue weighted by molar-refractivity contribution is 5.33. The highest BCUT2D eigenvalue weighted by Gasteiger charge is 2.39. The fourth-order valence-electron chi connectivity index (χ4n) is 2.98. The molecule has 0 radical (unpaired) electrons. The van der Waals surface area contributed by atoms with Crippen LogP contribution in [0.25, 0.3) is 0 Å². The minimum atomic E-state index is -4.28. The fourth-order valence-corrected chi connectivity index (χ4v) is 2.98. The lowest BCUT2D eigenvalue weighted by atomic mass is 9.78. The van der Waals surface area contributed by atoms with Gasteiger partial charge in [-0.2, -0.15) is 13.2 Å². The summed E-state index contributed by atoms with van der Waals surface area (Å²) in [5, 5.41) is 0. The lowest BCUT2D eigenvalue weighted by Gasteiger charge is -2.29. The van der Waals surface area contributed by atoms with Crippen molar-refractivity contribution in [1.82, 2.24) is 0 Å². The molecule has 0 bridgehead atoms. The molecule has 0 aromatic heterocycles. The van der Waals surface area contributed by atoms with Gasteiger partial charge in [-0.1, -0.05) is 25.1 Å². The molecule has 0 aliphatic heterocycles. The van der Waals surface area contributed by atoms with E-state index in [1.165, 1.54) is 12.1 Å². The molecule has 1 nitrogen and oxygen atoms in total. The molecule has 0 heterocycles. The molecule has 2 atom stereocenters. The molecular weight excluding hydrogens is 239 g/mol. The zero-order valence-electron chi connectivity index (χ0n) is 10.4. The van der Waals surface area contributed by atoms with Gasteiger partial charge in [-0.15, -0.1) is 0 Å². The van der Waals surface area contributed by atoms with Gasteiger partial charge in [-0.25, -0.2) is 0 Å². The van der Waals surface area contributed by atoms with E-state index in [9.17, 15) is 13.2 Å². The van der Waals surface area contributed by atoms with Crippen molar-refractivity contribution >= 4 is 0 Å². The van der Waals surface area contributed by atoms with Crippen molar-refractivity contribution in [3.05, 3.63) is 35.4 Å². The van der Waals surface area contributed by atoms with Gasteiger partial charge in [0.05, 0.1) is 5.56 Å². The summed E-state index contributed by atoms with van der Waals surface area (Å²) in [5.74, 6) is 0.531. The number of rotatable bonds is 2. The average molecular weight is 257 g/mol. The first-order valence-corrected chi connectivity index (χ1v) is 6.25. The second kappa shape index (κ2) is 4.57. The molecule has 2 N–H and O–H groups in total. The van der Waals surface area contributed by atoms with Gasteiger partial charge in [0.1, 0.15) is 0 Å². The summed E-state index contributed by atoms with van der Waals surface area (Å²) >= 11 is 0. The van der Waals surface area contributed by atoms with E-state index in [0.717, 1.165) is 30.9 Å². The molecule has 1 aliphatic rings. The Balaban J connectivity index is 2.38. The van der Waals surface area contributed by atoms with Crippen LogP contribution >= 0.6 is 0 Å². The average Bonchev–Trinajstić information content (AvgIpc) is 2.71. The number of nitrogens with two attached hydrogens (primary N) is 1. The third-order valence-electron chi connectivity index (χ3n) is 4.05. The van der Waals surface area contributed by atoms with Gasteiger partial charge >= 0.3 is 6.18 Å². The quantitative estimate of drug-likeness (QED) is 0.858. The third kappa shape index (κ3) is 2.39. The summed E-state index contributed by atoms with van der Waals surface area (Å²) in [6.45, 7) is 2.55. The Morgan fingerprint density at radius 2 is 2.11 bits per heavy atom. The summed E-state index contributed by atoms with van der Waals surface area (Å²) in [6, 6.07) is 5.65. The summed E-state index contributed by atoms with van der Waals surface area (Å²) in [6.07, 6.45) is -1.49. The molecule has 1 aliphatic carbocycles. The van der Waals surface area contributed by atoms with Crippen molar-refractivity contribution < 1.29 is 13.2 Å². The van der Waals surface area contributed by atoms with E-state index >= 15 is 0 Å². The van der Waals surface area contributed by atoms with E-state index < -0.39 is 11.7 Å². The van der Waals surface area contributed by atoms with Crippen LogP contribution in [0.15, 0.2) is 24.3 Å². The number of hydrogen-bond donors (Lipinski definition) is 1. The molecule has 100 valence electrons. The Labute approximate surface area is 105 Å². The molecule has 0 amide bonds. The van der Waals surface area contributed by atoms with E-state index in [2.05, 4.69) is 6.92 Å². The molecule has 2 rings (SSSR count). The van der Waals surface area contributed by atoms with Crippen LogP contribution in [-0.2, 0) is 11.6 Å². The van der Waals surface area contributed by atoms with E-state index in [-0.39, 0.29) is 5.41 Å². The molecule has 2 unspecified atom stereocenters. The molecule has 0 saturated heterocycles. The van der Waals surface area contributed by atoms with Crippen LogP contribution in [-0.4, -0.2) is 6.54 Å². The minimum Gasteiger partial charge on any atom is -0.330 e. The maximum Gasteiger partial charge on any atom is 0.416 e. The molecular formula is C14H18F3N. The van der Waals surface area contributed by atoms with Gasteiger partial charge in [0.2, 0.25) is 0 Å². The molecule has 1 fully saturated rings. The van der Waals surface area contributed by atoms with Gasteiger partial charge in [-0.05, 0) is 36.8 Å². The largest absolute Gasteiger partial charge is 0.416 e. The topological polar surface area (TPSA) is 26.0 Å². The highest BCUT2D eigenvalue weighted by atomic mass is 19.4. The Kier molecular flexibility index (Phi) is 3.41. The van der Waals surface area contributed by atoms with E-state index in [0.29, 0.717) is 12.5 Å². The van der Waals surface area contributed by atoms with Crippen molar-refractivity contribution in [3.63, 3.8) is 0 Å². The van der Waals surface area contributed by atoms with Crippen molar-refractivity contribution in [3.8, 4) is 0 Å². The van der Waals surface area contributed by atoms with E-state index in [1.807, 2.05) is 0 Å². The van der Waals surface area contributed by atoms with E-state index in [4.69, 9.17) is 5.73 Å². The second-order valence-corrected chi connectivity index (χ2v) is 5.41. The lowest BCUT2D eigenvalue weighted by molar-refractivity contribution is -0.137. The molecule has 1 saturated carbocycles. The second-order valence-electron chi connectivity index (χ2n) is 5.41. The standard InChI is InChI=1S/C14H18F3N/c1-10-5-6-13(8-10,9-18)11-3-2-4-12(7-11)14(15,16)17/h2-4,7,10H,5-6,8-9,18H2,1H3. The Morgan fingerprint density at radius 1 is 1.39 bits per heavy atom. The first-order valence-electron chi connectivity index (χ1n) is 6.25. The van der Waals surface area contributed by atoms with Crippen molar-refractivity contribution in [2.24, 2.45) is 11.7 Å². The van der Waals surface area contributed by atoms with Crippen LogP contribution in [0.5, 0.6) is 0 Å². The maximum atomic E-state index is 12.7. The first kappa shape index (κ1) is 13.4. The lowest BCUT2D eigenvalue weighted by Crippen LogP contribution is -2.32. The van der Waals surface area contributed by atoms with Gasteiger partial charge < -0.3 is 5.73 Å². The van der Waals surface area contributed by atoms with Crippen LogP contribution in [0.4, 0.5) is 13.2 Å². The Morgan fingerprint density at radius 3 is 2.61 bits per heavy atom. The smallest absolute Gasteiger partial charge is 0.330 e. The monoisotopic (exact) mass is 257 g/mol. The van der Waals surface area contributed by atoms with Gasteiger partial charge in [0.15, 0.2) is 0 Å². The zero-order chi connectivity index (χ0) is 13.4. The van der Waals surface area contributed by atoms with Gasteiger partial charge in [0.25, 0.3) is 0 Å². The predicted octanol–water partition coefficient (Wildman–Crippen LogP) is 3.72. The zero-order valence-corrected chi connectivity index (χ0v) is 10.4. The molecule has 18 heavy (non-hydrogen) atoms. The summed E-state index contributed by atoms with van der Waals surface area (Å²) in [5.41, 5.74) is 5.74. The molecule has 1 aromatic rings. The van der Waals surface area contributed by atoms with Crippen LogP contribution < -0.4 is 5.73 Å². The van der Waals surface area contributed by atoms with Crippen LogP contribution in [0, 0.1) is 5.92 Å². The van der Waals surface area contributed by atoms with Crippen LogP contribution in [0.3, 0.4) is 0 Å². The maximum absolute atomic E-state index is 12.7. The summed E-state index contributed by atoms with van der Waals surface area (Å²) in [4.78, 5) is 0. The molecule has 4 heteroatoms. The third-order valence-corrected chi connectivity index (χ3v) is 4.05. The van der Waals surface area contributed by atoms with Crippen LogP contribution in [0.2, 0.25) is 0 Å². The van der Waals surface area contributed by atoms with Gasteiger partial charge in [0, 0.05) is 12.0 Å². The summed E-state index contributed by atoms with van der Waals surface area (Å²) in [7, 11) is 0. The number of alkyl halides is 3. The fraction of sp³-hybridized carbons (Fsp3) is 0.571. The minimum absolute atomic E-state index is 0.263. The van der Waals surface area contributed by atoms with Crippen LogP contribution in [0.1, 0.15) is 37.3 Å². The van der Waals surface area contributed by atoms with Crippen molar-refractivity contribution in [2.45, 2.75) is 37.8 Å². The highest BCUT2D eigenvalue weighted by Crippen LogP contribution is 2.44. The molecule has 0 spiro atoms.